The average Bonchev–Trinajstić information content (AvgIpc) is 2.97. The van der Waals surface area contributed by atoms with Crippen LogP contribution >= 0.6 is 0 Å². The van der Waals surface area contributed by atoms with Crippen molar-refractivity contribution in [3.8, 4) is 0 Å². The minimum Gasteiger partial charge on any atom is -0.349 e. The molecule has 4 aliphatic heterocycles. The second-order valence-electron chi connectivity index (χ2n) is 17.8. The van der Waals surface area contributed by atoms with Gasteiger partial charge in [0.15, 0.2) is 11.6 Å². The molecule has 0 atom stereocenters. The number of hydrogen-bond donors (Lipinski definition) is 2. The van der Waals surface area contributed by atoms with Gasteiger partial charge in [0.2, 0.25) is 0 Å². The zero-order chi connectivity index (χ0) is 34.3. The van der Waals surface area contributed by atoms with Crippen LogP contribution in [0.15, 0.2) is 60.7 Å². The van der Waals surface area contributed by atoms with E-state index in [1.54, 1.807) is 0 Å². The van der Waals surface area contributed by atoms with Crippen molar-refractivity contribution < 1.29 is 18.9 Å². The Morgan fingerprint density at radius 3 is 1.08 bits per heavy atom. The van der Waals surface area contributed by atoms with Gasteiger partial charge in [0.05, 0.1) is 26.4 Å². The molecule has 2 N–H and O–H groups in total. The first kappa shape index (κ1) is 35.5. The summed E-state index contributed by atoms with van der Waals surface area (Å²) in [6, 6.07) is 17.9. The van der Waals surface area contributed by atoms with Gasteiger partial charge in [-0.3, -0.25) is 0 Å². The maximum absolute atomic E-state index is 6.42. The number of aryl methyl sites for hydroxylation is 2. The highest BCUT2D eigenvalue weighted by atomic mass is 16.7. The maximum atomic E-state index is 6.42. The molecule has 0 radical (unpaired) electrons. The summed E-state index contributed by atoms with van der Waals surface area (Å²) in [7, 11) is 0. The first-order chi connectivity index (χ1) is 22.5. The molecule has 2 spiro atoms. The van der Waals surface area contributed by atoms with E-state index in [9.17, 15) is 0 Å². The highest BCUT2D eigenvalue weighted by Gasteiger charge is 2.51. The molecular formula is C42H60N2O4. The number of nitrogens with one attached hydrogen (secondary N) is 2. The number of piperidine rings is 2. The molecule has 262 valence electrons. The Morgan fingerprint density at radius 1 is 0.500 bits per heavy atom. The van der Waals surface area contributed by atoms with Crippen LogP contribution < -0.4 is 10.6 Å². The van der Waals surface area contributed by atoms with Crippen molar-refractivity contribution >= 4 is 12.2 Å². The molecule has 48 heavy (non-hydrogen) atoms. The summed E-state index contributed by atoms with van der Waals surface area (Å²) in [5.74, 6) is -0.419. The van der Waals surface area contributed by atoms with E-state index in [0.29, 0.717) is 26.4 Å². The molecule has 0 saturated carbocycles. The van der Waals surface area contributed by atoms with Gasteiger partial charge >= 0.3 is 0 Å². The van der Waals surface area contributed by atoms with E-state index >= 15 is 0 Å². The Morgan fingerprint density at radius 2 is 0.792 bits per heavy atom. The Hall–Kier alpha value is -2.32. The molecule has 6 heteroatoms. The molecule has 4 fully saturated rings. The monoisotopic (exact) mass is 656 g/mol. The predicted molar refractivity (Wildman–Crippen MR) is 196 cm³/mol. The van der Waals surface area contributed by atoms with Gasteiger partial charge in [0.25, 0.3) is 0 Å². The molecule has 4 aliphatic rings. The third-order valence-corrected chi connectivity index (χ3v) is 10.2. The van der Waals surface area contributed by atoms with Crippen LogP contribution in [0.25, 0.3) is 12.2 Å². The Bertz CT molecular complexity index is 1290. The molecule has 0 bridgehead atoms. The largest absolute Gasteiger partial charge is 0.349 e. The topological polar surface area (TPSA) is 61.0 Å². The lowest BCUT2D eigenvalue weighted by atomic mass is 9.78. The molecule has 2 aromatic carbocycles. The lowest BCUT2D eigenvalue weighted by Crippen LogP contribution is -2.66. The SMILES string of the molecule is CC1(C)CC2(CC(C)(C)N1)OCC(/C=C/c1ccc(CCc3ccc(/C=C/C4COC5(CC(C)(C)NC(C)(C)C5)OC4)cc3)cc1)CO2. The minimum absolute atomic E-state index is 0.0127. The summed E-state index contributed by atoms with van der Waals surface area (Å²) in [6.07, 6.45) is 14.4. The van der Waals surface area contributed by atoms with E-state index in [1.807, 2.05) is 0 Å². The van der Waals surface area contributed by atoms with Crippen LogP contribution in [0.1, 0.15) is 103 Å². The molecule has 6 rings (SSSR count). The van der Waals surface area contributed by atoms with Crippen LogP contribution in [0.4, 0.5) is 0 Å². The van der Waals surface area contributed by atoms with Gasteiger partial charge in [-0.15, -0.1) is 0 Å². The van der Waals surface area contributed by atoms with Crippen LogP contribution in [-0.2, 0) is 31.8 Å². The molecule has 4 heterocycles. The lowest BCUT2D eigenvalue weighted by Gasteiger charge is -2.54. The molecule has 0 unspecified atom stereocenters. The van der Waals surface area contributed by atoms with E-state index < -0.39 is 11.6 Å². The second-order valence-corrected chi connectivity index (χ2v) is 17.8. The molecule has 0 aliphatic carbocycles. The third kappa shape index (κ3) is 9.26. The zero-order valence-electron chi connectivity index (χ0n) is 30.8. The van der Waals surface area contributed by atoms with Crippen molar-refractivity contribution in [3.05, 3.63) is 82.9 Å². The number of benzene rings is 2. The van der Waals surface area contributed by atoms with Crippen LogP contribution in [0.3, 0.4) is 0 Å². The summed E-state index contributed by atoms with van der Waals surface area (Å²) in [4.78, 5) is 0. The van der Waals surface area contributed by atoms with Crippen molar-refractivity contribution in [2.24, 2.45) is 11.8 Å². The fourth-order valence-electron chi connectivity index (χ4n) is 9.05. The maximum Gasteiger partial charge on any atom is 0.171 e. The van der Waals surface area contributed by atoms with Gasteiger partial charge in [0.1, 0.15) is 0 Å². The quantitative estimate of drug-likeness (QED) is 0.314. The van der Waals surface area contributed by atoms with E-state index in [2.05, 4.69) is 139 Å². The first-order valence-corrected chi connectivity index (χ1v) is 18.2. The van der Waals surface area contributed by atoms with Crippen molar-refractivity contribution in [3.63, 3.8) is 0 Å². The predicted octanol–water partition coefficient (Wildman–Crippen LogP) is 8.10. The number of hydrogen-bond acceptors (Lipinski definition) is 6. The normalized spacial score (nSPS) is 26.4. The van der Waals surface area contributed by atoms with E-state index in [4.69, 9.17) is 18.9 Å². The van der Waals surface area contributed by atoms with Crippen LogP contribution in [0, 0.1) is 11.8 Å². The van der Waals surface area contributed by atoms with Gasteiger partial charge in [-0.05, 0) is 90.5 Å². The van der Waals surface area contributed by atoms with Gasteiger partial charge in [-0.2, -0.15) is 0 Å². The van der Waals surface area contributed by atoms with Crippen LogP contribution in [-0.4, -0.2) is 60.2 Å². The molecular weight excluding hydrogens is 596 g/mol. The molecule has 4 saturated heterocycles. The van der Waals surface area contributed by atoms with Crippen molar-refractivity contribution in [2.45, 2.75) is 128 Å². The van der Waals surface area contributed by atoms with Crippen molar-refractivity contribution in [1.82, 2.24) is 10.6 Å². The molecule has 0 aromatic heterocycles. The van der Waals surface area contributed by atoms with Crippen molar-refractivity contribution in [1.29, 1.82) is 0 Å². The number of ether oxygens (including phenoxy) is 4. The second kappa shape index (κ2) is 13.4. The van der Waals surface area contributed by atoms with Crippen molar-refractivity contribution in [2.75, 3.05) is 26.4 Å². The summed E-state index contributed by atoms with van der Waals surface area (Å²) in [5.41, 5.74) is 5.09. The highest BCUT2D eigenvalue weighted by Crippen LogP contribution is 2.43. The highest BCUT2D eigenvalue weighted by molar-refractivity contribution is 5.51. The standard InChI is InChI=1S/C42H60N2O4/c1-37(2)27-41(28-38(3,4)43-37)45-23-35(24-46-41)21-19-33-15-11-31(12-16-33)9-10-32-13-17-34(18-14-32)20-22-36-25-47-42(48-26-36)29-39(5,6)44-40(7,8)30-42/h11-22,35-36,43-44H,9-10,23-30H2,1-8H3/b21-19+,22-20+. The summed E-state index contributed by atoms with van der Waals surface area (Å²) >= 11 is 0. The fourth-order valence-corrected chi connectivity index (χ4v) is 9.05. The minimum atomic E-state index is -0.478. The third-order valence-electron chi connectivity index (χ3n) is 10.2. The smallest absolute Gasteiger partial charge is 0.171 e. The Labute approximate surface area is 290 Å². The fraction of sp³-hybridized carbons (Fsp3) is 0.619. The molecule has 6 nitrogen and oxygen atoms in total. The van der Waals surface area contributed by atoms with Gasteiger partial charge < -0.3 is 29.6 Å². The summed E-state index contributed by atoms with van der Waals surface area (Å²) in [6.45, 7) is 20.7. The average molecular weight is 657 g/mol. The van der Waals surface area contributed by atoms with E-state index in [0.717, 1.165) is 38.5 Å². The van der Waals surface area contributed by atoms with Gasteiger partial charge in [-0.1, -0.05) is 72.8 Å². The van der Waals surface area contributed by atoms with E-state index in [-0.39, 0.29) is 34.0 Å². The van der Waals surface area contributed by atoms with Gasteiger partial charge in [0, 0.05) is 59.7 Å². The van der Waals surface area contributed by atoms with Crippen LogP contribution in [0.2, 0.25) is 0 Å². The Kier molecular flexibility index (Phi) is 9.93. The van der Waals surface area contributed by atoms with Crippen LogP contribution in [0.5, 0.6) is 0 Å². The lowest BCUT2D eigenvalue weighted by molar-refractivity contribution is -0.306. The summed E-state index contributed by atoms with van der Waals surface area (Å²) < 4.78 is 25.7. The Balaban J connectivity index is 0.929. The van der Waals surface area contributed by atoms with E-state index in [1.165, 1.54) is 22.3 Å². The first-order valence-electron chi connectivity index (χ1n) is 18.2. The van der Waals surface area contributed by atoms with Gasteiger partial charge in [-0.25, -0.2) is 0 Å². The molecule has 2 aromatic rings. The number of rotatable bonds is 7. The summed E-state index contributed by atoms with van der Waals surface area (Å²) in [5, 5.41) is 7.45. The zero-order valence-corrected chi connectivity index (χ0v) is 30.8. The molecule has 0 amide bonds.